The number of hydrogen-bond acceptors (Lipinski definition) is 4. The Morgan fingerprint density at radius 1 is 0.811 bits per heavy atom. The second-order valence-electron chi connectivity index (χ2n) is 9.97. The minimum atomic E-state index is -0.999. The number of carbonyl (C=O) groups is 1. The molecule has 0 unspecified atom stereocenters. The van der Waals surface area contributed by atoms with Crippen molar-refractivity contribution >= 4 is 16.7 Å². The molecule has 1 aliphatic carbocycles. The van der Waals surface area contributed by atoms with Crippen LogP contribution >= 0.6 is 0 Å². The van der Waals surface area contributed by atoms with Crippen molar-refractivity contribution in [2.45, 2.75) is 56.7 Å². The molecule has 1 aliphatic heterocycles. The molecule has 1 aromatic heterocycles. The minimum absolute atomic E-state index is 0.0848. The Morgan fingerprint density at radius 3 is 2.32 bits per heavy atom. The molecular weight excluding hydrogens is 466 g/mol. The topological polar surface area (TPSA) is 75.2 Å². The molecule has 7 heteroatoms. The maximum atomic E-state index is 13.6. The lowest BCUT2D eigenvalue weighted by Gasteiger charge is -2.33. The van der Waals surface area contributed by atoms with Gasteiger partial charge in [-0.1, -0.05) is 79.2 Å². The molecule has 4 aromatic rings. The zero-order valence-corrected chi connectivity index (χ0v) is 20.7. The number of ether oxygens (including phenoxy) is 1. The molecule has 3 aromatic carbocycles. The number of nitrogens with zero attached hydrogens (tertiary/aromatic N) is 3. The van der Waals surface area contributed by atoms with Gasteiger partial charge in [0.1, 0.15) is 6.10 Å². The molecule has 7 nitrogen and oxygen atoms in total. The molecule has 37 heavy (non-hydrogen) atoms. The summed E-state index contributed by atoms with van der Waals surface area (Å²) in [5, 5.41) is 2.34. The average molecular weight is 496 g/mol. The first-order valence-electron chi connectivity index (χ1n) is 12.9. The van der Waals surface area contributed by atoms with Gasteiger partial charge in [0, 0.05) is 5.92 Å². The first-order chi connectivity index (χ1) is 18.0. The number of hydrogen-bond donors (Lipinski definition) is 0. The molecule has 4 atom stereocenters. The number of rotatable bonds is 4. The van der Waals surface area contributed by atoms with Crippen molar-refractivity contribution in [1.29, 1.82) is 0 Å². The Kier molecular flexibility index (Phi) is 5.91. The van der Waals surface area contributed by atoms with Gasteiger partial charge in [0.2, 0.25) is 0 Å². The predicted octanol–water partition coefficient (Wildman–Crippen LogP) is 4.90. The van der Waals surface area contributed by atoms with Crippen molar-refractivity contribution in [1.82, 2.24) is 13.9 Å². The van der Waals surface area contributed by atoms with Gasteiger partial charge in [0.25, 0.3) is 0 Å². The van der Waals surface area contributed by atoms with Gasteiger partial charge in [-0.25, -0.2) is 28.3 Å². The average Bonchev–Trinajstić information content (AvgIpc) is 3.20. The van der Waals surface area contributed by atoms with E-state index in [1.54, 1.807) is 36.4 Å². The highest BCUT2D eigenvalue weighted by Gasteiger charge is 2.36. The highest BCUT2D eigenvalue weighted by Crippen LogP contribution is 2.37. The number of benzene rings is 3. The van der Waals surface area contributed by atoms with E-state index in [0.29, 0.717) is 5.69 Å². The van der Waals surface area contributed by atoms with E-state index in [9.17, 15) is 14.4 Å². The molecule has 0 amide bonds. The van der Waals surface area contributed by atoms with E-state index in [-0.39, 0.29) is 18.1 Å². The SMILES string of the molecule is C[C@H]1C=C[C@@H](C(=O)O[C@H]2CCCC[C@@H]2c2ccc3ccccc3c2)n2c(=O)n(-c3ccccc3)c(=O)n21. The third-order valence-electron chi connectivity index (χ3n) is 7.66. The van der Waals surface area contributed by atoms with Gasteiger partial charge in [-0.05, 0) is 54.7 Å². The number of para-hydroxylation sites is 1. The fraction of sp³-hybridized carbons (Fsp3) is 0.300. The lowest BCUT2D eigenvalue weighted by Crippen LogP contribution is -2.40. The largest absolute Gasteiger partial charge is 0.460 e. The molecule has 0 bridgehead atoms. The Bertz CT molecular complexity index is 1610. The van der Waals surface area contributed by atoms with Crippen molar-refractivity contribution in [2.24, 2.45) is 0 Å². The molecule has 2 aliphatic rings. The Balaban J connectivity index is 1.33. The molecule has 1 fully saturated rings. The van der Waals surface area contributed by atoms with Crippen LogP contribution in [0.1, 0.15) is 56.2 Å². The molecule has 6 rings (SSSR count). The number of aromatic nitrogens is 3. The van der Waals surface area contributed by atoms with Crippen LogP contribution in [0.25, 0.3) is 16.5 Å². The second kappa shape index (κ2) is 9.39. The molecular formula is C30H29N3O4. The van der Waals surface area contributed by atoms with Crippen molar-refractivity contribution in [3.05, 3.63) is 111 Å². The fourth-order valence-electron chi connectivity index (χ4n) is 5.78. The van der Waals surface area contributed by atoms with E-state index in [1.807, 2.05) is 25.1 Å². The normalized spacial score (nSPS) is 23.1. The summed E-state index contributed by atoms with van der Waals surface area (Å²) in [4.78, 5) is 40.3. The number of esters is 1. The molecule has 0 N–H and O–H groups in total. The van der Waals surface area contributed by atoms with E-state index in [0.717, 1.165) is 41.2 Å². The quantitative estimate of drug-likeness (QED) is 0.298. The van der Waals surface area contributed by atoms with Gasteiger partial charge in [0.05, 0.1) is 11.7 Å². The van der Waals surface area contributed by atoms with Crippen molar-refractivity contribution in [2.75, 3.05) is 0 Å². The minimum Gasteiger partial charge on any atom is -0.460 e. The lowest BCUT2D eigenvalue weighted by molar-refractivity contribution is -0.155. The Morgan fingerprint density at radius 2 is 1.51 bits per heavy atom. The molecule has 188 valence electrons. The van der Waals surface area contributed by atoms with E-state index in [4.69, 9.17) is 4.74 Å². The summed E-state index contributed by atoms with van der Waals surface area (Å²) in [6.07, 6.45) is 6.93. The maximum absolute atomic E-state index is 13.6. The zero-order valence-electron chi connectivity index (χ0n) is 20.7. The van der Waals surface area contributed by atoms with Gasteiger partial charge in [-0.15, -0.1) is 0 Å². The number of carbonyl (C=O) groups excluding carboxylic acids is 1. The van der Waals surface area contributed by atoms with Crippen LogP contribution < -0.4 is 11.4 Å². The van der Waals surface area contributed by atoms with Crippen LogP contribution in [0.5, 0.6) is 0 Å². The zero-order chi connectivity index (χ0) is 25.5. The third kappa shape index (κ3) is 4.04. The first-order valence-corrected chi connectivity index (χ1v) is 12.9. The molecule has 1 saturated carbocycles. The molecule has 0 spiro atoms. The van der Waals surface area contributed by atoms with Crippen LogP contribution in [-0.4, -0.2) is 26.0 Å². The standard InChI is InChI=1S/C30H29N3O4/c1-20-15-18-26(33-30(36)31(29(35)32(20)33)24-11-3-2-4-12-24)28(34)37-27-14-8-7-13-25(27)23-17-16-21-9-5-6-10-22(21)19-23/h2-6,9-12,15-20,25-27H,7-8,13-14H2,1H3/t20-,25+,26-,27-/m0/s1. The Hall–Kier alpha value is -4.13. The van der Waals surface area contributed by atoms with Crippen LogP contribution in [0.2, 0.25) is 0 Å². The molecule has 0 radical (unpaired) electrons. The second-order valence-corrected chi connectivity index (χ2v) is 9.97. The van der Waals surface area contributed by atoms with E-state index in [2.05, 4.69) is 30.3 Å². The fourth-order valence-corrected chi connectivity index (χ4v) is 5.78. The molecule has 0 saturated heterocycles. The summed E-state index contributed by atoms with van der Waals surface area (Å²) < 4.78 is 9.85. The predicted molar refractivity (Wildman–Crippen MR) is 142 cm³/mol. The molecule has 2 heterocycles. The smallest absolute Gasteiger partial charge is 0.352 e. The van der Waals surface area contributed by atoms with E-state index < -0.39 is 23.4 Å². The van der Waals surface area contributed by atoms with Gasteiger partial charge >= 0.3 is 17.3 Å². The summed E-state index contributed by atoms with van der Waals surface area (Å²) in [5.74, 6) is -0.427. The monoisotopic (exact) mass is 495 g/mol. The summed E-state index contributed by atoms with van der Waals surface area (Å²) in [6, 6.07) is 22.1. The van der Waals surface area contributed by atoms with Gasteiger partial charge < -0.3 is 4.74 Å². The number of fused-ring (bicyclic) bond motifs is 2. The van der Waals surface area contributed by atoms with Gasteiger partial charge in [-0.2, -0.15) is 0 Å². The van der Waals surface area contributed by atoms with Crippen molar-refractivity contribution in [3.63, 3.8) is 0 Å². The van der Waals surface area contributed by atoms with E-state index >= 15 is 0 Å². The maximum Gasteiger partial charge on any atom is 0.352 e. The highest BCUT2D eigenvalue weighted by molar-refractivity contribution is 5.83. The van der Waals surface area contributed by atoms with Crippen LogP contribution in [0, 0.1) is 0 Å². The summed E-state index contributed by atoms with van der Waals surface area (Å²) in [7, 11) is 0. The van der Waals surface area contributed by atoms with Crippen LogP contribution in [0.3, 0.4) is 0 Å². The van der Waals surface area contributed by atoms with Crippen molar-refractivity contribution < 1.29 is 9.53 Å². The summed E-state index contributed by atoms with van der Waals surface area (Å²) >= 11 is 0. The lowest BCUT2D eigenvalue weighted by atomic mass is 9.81. The van der Waals surface area contributed by atoms with E-state index in [1.165, 1.54) is 14.7 Å². The van der Waals surface area contributed by atoms with Crippen LogP contribution in [0.15, 0.2) is 94.5 Å². The van der Waals surface area contributed by atoms with Gasteiger partial charge in [-0.3, -0.25) is 0 Å². The highest BCUT2D eigenvalue weighted by atomic mass is 16.5. The van der Waals surface area contributed by atoms with Crippen LogP contribution in [0.4, 0.5) is 0 Å². The summed E-state index contributed by atoms with van der Waals surface area (Å²) in [6.45, 7) is 1.82. The van der Waals surface area contributed by atoms with Crippen LogP contribution in [-0.2, 0) is 9.53 Å². The Labute approximate surface area is 214 Å². The number of allylic oxidation sites excluding steroid dienone is 1. The van der Waals surface area contributed by atoms with Gasteiger partial charge in [0.15, 0.2) is 6.04 Å². The third-order valence-corrected chi connectivity index (χ3v) is 7.66. The summed E-state index contributed by atoms with van der Waals surface area (Å²) in [5.41, 5.74) is 0.602. The van der Waals surface area contributed by atoms with Crippen molar-refractivity contribution in [3.8, 4) is 5.69 Å². The first kappa shape index (κ1) is 23.3.